The van der Waals surface area contributed by atoms with Crippen molar-refractivity contribution in [1.29, 1.82) is 0 Å². The third-order valence-electron chi connectivity index (χ3n) is 4.67. The Bertz CT molecular complexity index is 1030. The van der Waals surface area contributed by atoms with Crippen LogP contribution in [-0.2, 0) is 0 Å². The smallest absolute Gasteiger partial charge is 0.262 e. The van der Waals surface area contributed by atoms with Crippen LogP contribution in [0.4, 0.5) is 11.4 Å². The van der Waals surface area contributed by atoms with Crippen LogP contribution in [0.15, 0.2) is 60.7 Å². The first-order chi connectivity index (χ1) is 12.9. The fraction of sp³-hybridized carbons (Fsp3) is 0.136. The number of carbonyl (C=O) groups is 1. The number of aryl methyl sites for hydroxylation is 2. The van der Waals surface area contributed by atoms with E-state index in [0.29, 0.717) is 15.6 Å². The third-order valence-corrected chi connectivity index (χ3v) is 5.23. The maximum atomic E-state index is 13.4. The van der Waals surface area contributed by atoms with Crippen molar-refractivity contribution in [1.82, 2.24) is 0 Å². The Balaban J connectivity index is 1.92. The topological polar surface area (TPSA) is 32.3 Å². The summed E-state index contributed by atoms with van der Waals surface area (Å²) in [6, 6.07) is 19.0. The quantitative estimate of drug-likeness (QED) is 0.544. The molecule has 5 heteroatoms. The number of benzene rings is 3. The number of nitrogens with one attached hydrogen (secondary N) is 1. The van der Waals surface area contributed by atoms with E-state index in [-0.39, 0.29) is 5.91 Å². The van der Waals surface area contributed by atoms with E-state index in [1.54, 1.807) is 17.0 Å². The summed E-state index contributed by atoms with van der Waals surface area (Å²) >= 11 is 12.6. The van der Waals surface area contributed by atoms with E-state index in [4.69, 9.17) is 23.2 Å². The molecule has 27 heavy (non-hydrogen) atoms. The van der Waals surface area contributed by atoms with Crippen LogP contribution < -0.4 is 10.2 Å². The third kappa shape index (κ3) is 3.29. The van der Waals surface area contributed by atoms with Crippen molar-refractivity contribution in [2.24, 2.45) is 0 Å². The summed E-state index contributed by atoms with van der Waals surface area (Å²) in [6.45, 7) is 4.05. The van der Waals surface area contributed by atoms with Crippen molar-refractivity contribution in [3.05, 3.63) is 93.0 Å². The highest BCUT2D eigenvalue weighted by atomic mass is 35.5. The van der Waals surface area contributed by atoms with Crippen LogP contribution in [0, 0.1) is 13.8 Å². The van der Waals surface area contributed by atoms with Crippen LogP contribution >= 0.6 is 23.2 Å². The molecule has 3 nitrogen and oxygen atoms in total. The first kappa shape index (κ1) is 17.9. The van der Waals surface area contributed by atoms with Crippen LogP contribution in [-0.4, -0.2) is 5.91 Å². The lowest BCUT2D eigenvalue weighted by molar-refractivity contribution is 0.0975. The molecule has 0 aliphatic carbocycles. The number of para-hydroxylation sites is 1. The van der Waals surface area contributed by atoms with Crippen molar-refractivity contribution in [3.63, 3.8) is 0 Å². The fourth-order valence-corrected chi connectivity index (χ4v) is 4.06. The molecule has 1 amide bonds. The van der Waals surface area contributed by atoms with E-state index in [9.17, 15) is 4.79 Å². The summed E-state index contributed by atoms with van der Waals surface area (Å²) in [7, 11) is 0. The number of fused-ring (bicyclic) bond motifs is 1. The second-order valence-electron chi connectivity index (χ2n) is 6.78. The largest absolute Gasteiger partial charge is 0.360 e. The van der Waals surface area contributed by atoms with E-state index < -0.39 is 6.17 Å². The molecule has 1 aliphatic heterocycles. The average Bonchev–Trinajstić information content (AvgIpc) is 2.61. The molecule has 4 rings (SSSR count). The normalized spacial score (nSPS) is 16.1. The summed E-state index contributed by atoms with van der Waals surface area (Å²) in [5.74, 6) is -0.0645. The highest BCUT2D eigenvalue weighted by Crippen LogP contribution is 2.39. The molecule has 0 saturated heterocycles. The molecule has 0 radical (unpaired) electrons. The first-order valence-corrected chi connectivity index (χ1v) is 9.42. The predicted octanol–water partition coefficient (Wildman–Crippen LogP) is 6.38. The van der Waals surface area contributed by atoms with Gasteiger partial charge in [0.15, 0.2) is 0 Å². The molecule has 1 atom stereocenters. The van der Waals surface area contributed by atoms with Gasteiger partial charge in [0, 0.05) is 27.0 Å². The summed E-state index contributed by atoms with van der Waals surface area (Å²) in [4.78, 5) is 15.2. The number of anilines is 2. The van der Waals surface area contributed by atoms with Crippen LogP contribution in [0.5, 0.6) is 0 Å². The molecule has 1 unspecified atom stereocenters. The van der Waals surface area contributed by atoms with Gasteiger partial charge in [-0.1, -0.05) is 47.5 Å². The van der Waals surface area contributed by atoms with Gasteiger partial charge in [0.2, 0.25) is 0 Å². The maximum Gasteiger partial charge on any atom is 0.262 e. The zero-order chi connectivity index (χ0) is 19.1. The Morgan fingerprint density at radius 3 is 2.33 bits per heavy atom. The Morgan fingerprint density at radius 1 is 0.926 bits per heavy atom. The van der Waals surface area contributed by atoms with E-state index in [1.807, 2.05) is 56.3 Å². The molecular weight excluding hydrogens is 379 g/mol. The Labute approximate surface area is 168 Å². The molecule has 136 valence electrons. The van der Waals surface area contributed by atoms with Crippen molar-refractivity contribution in [2.75, 3.05) is 10.2 Å². The van der Waals surface area contributed by atoms with Gasteiger partial charge in [0.1, 0.15) is 6.17 Å². The first-order valence-electron chi connectivity index (χ1n) is 8.66. The molecule has 0 saturated carbocycles. The number of halogens is 2. The molecule has 1 aliphatic rings. The van der Waals surface area contributed by atoms with Crippen LogP contribution in [0.2, 0.25) is 10.0 Å². The number of hydrogen-bond donors (Lipinski definition) is 1. The van der Waals surface area contributed by atoms with E-state index in [2.05, 4.69) is 11.4 Å². The fourth-order valence-electron chi connectivity index (χ4n) is 3.55. The maximum absolute atomic E-state index is 13.4. The van der Waals surface area contributed by atoms with Gasteiger partial charge in [0.05, 0.1) is 5.56 Å². The zero-order valence-electron chi connectivity index (χ0n) is 15.0. The Morgan fingerprint density at radius 2 is 1.63 bits per heavy atom. The van der Waals surface area contributed by atoms with Gasteiger partial charge in [-0.15, -0.1) is 0 Å². The van der Waals surface area contributed by atoms with Gasteiger partial charge in [-0.2, -0.15) is 0 Å². The van der Waals surface area contributed by atoms with Crippen molar-refractivity contribution in [3.8, 4) is 0 Å². The minimum absolute atomic E-state index is 0.0645. The molecule has 1 heterocycles. The average molecular weight is 397 g/mol. The SMILES string of the molecule is Cc1cc(C)cc(N2C(=O)c3ccccc3NC2c2ccc(Cl)cc2Cl)c1. The summed E-state index contributed by atoms with van der Waals surface area (Å²) in [6.07, 6.45) is -0.432. The van der Waals surface area contributed by atoms with Gasteiger partial charge in [-0.3, -0.25) is 9.69 Å². The lowest BCUT2D eigenvalue weighted by Crippen LogP contribution is -2.43. The molecule has 0 bridgehead atoms. The van der Waals surface area contributed by atoms with Crippen LogP contribution in [0.1, 0.15) is 33.2 Å². The second-order valence-corrected chi connectivity index (χ2v) is 7.62. The van der Waals surface area contributed by atoms with Crippen molar-refractivity contribution < 1.29 is 4.79 Å². The summed E-state index contributed by atoms with van der Waals surface area (Å²) in [5.41, 5.74) is 5.24. The predicted molar refractivity (Wildman–Crippen MR) is 112 cm³/mol. The molecule has 0 fully saturated rings. The second kappa shape index (κ2) is 6.91. The highest BCUT2D eigenvalue weighted by Gasteiger charge is 2.35. The van der Waals surface area contributed by atoms with E-state index >= 15 is 0 Å². The van der Waals surface area contributed by atoms with Gasteiger partial charge in [0.25, 0.3) is 5.91 Å². The van der Waals surface area contributed by atoms with E-state index in [0.717, 1.165) is 28.1 Å². The lowest BCUT2D eigenvalue weighted by Gasteiger charge is -2.38. The number of carbonyl (C=O) groups excluding carboxylic acids is 1. The molecule has 3 aromatic rings. The van der Waals surface area contributed by atoms with Crippen molar-refractivity contribution in [2.45, 2.75) is 20.0 Å². The van der Waals surface area contributed by atoms with Crippen LogP contribution in [0.3, 0.4) is 0 Å². The lowest BCUT2D eigenvalue weighted by atomic mass is 10.0. The minimum atomic E-state index is -0.432. The van der Waals surface area contributed by atoms with Gasteiger partial charge in [-0.25, -0.2) is 0 Å². The molecule has 1 N–H and O–H groups in total. The number of nitrogens with zero attached hydrogens (tertiary/aromatic N) is 1. The Kier molecular flexibility index (Phi) is 4.58. The molecule has 3 aromatic carbocycles. The van der Waals surface area contributed by atoms with Crippen LogP contribution in [0.25, 0.3) is 0 Å². The molecule has 0 spiro atoms. The van der Waals surface area contributed by atoms with Gasteiger partial charge < -0.3 is 5.32 Å². The molecular formula is C22H18Cl2N2O. The molecule has 0 aromatic heterocycles. The monoisotopic (exact) mass is 396 g/mol. The van der Waals surface area contributed by atoms with E-state index in [1.165, 1.54) is 0 Å². The standard InChI is InChI=1S/C22H18Cl2N2O/c1-13-9-14(2)11-16(10-13)26-21(17-8-7-15(23)12-19(17)24)25-20-6-4-3-5-18(20)22(26)27/h3-12,21,25H,1-2H3. The highest BCUT2D eigenvalue weighted by molar-refractivity contribution is 6.35. The number of hydrogen-bond acceptors (Lipinski definition) is 2. The summed E-state index contributed by atoms with van der Waals surface area (Å²) < 4.78 is 0. The minimum Gasteiger partial charge on any atom is -0.360 e. The van der Waals surface area contributed by atoms with Gasteiger partial charge >= 0.3 is 0 Å². The number of amides is 1. The Hall–Kier alpha value is -2.49. The van der Waals surface area contributed by atoms with Gasteiger partial charge in [-0.05, 0) is 61.4 Å². The summed E-state index contributed by atoms with van der Waals surface area (Å²) in [5, 5.41) is 4.54. The van der Waals surface area contributed by atoms with Crippen molar-refractivity contribution >= 4 is 40.5 Å². The zero-order valence-corrected chi connectivity index (χ0v) is 16.5. The number of rotatable bonds is 2.